The molecule has 1 rings (SSSR count). The number of anilines is 1. The number of alkyl halides is 3. The molecule has 0 unspecified atom stereocenters. The fourth-order valence-corrected chi connectivity index (χ4v) is 1.25. The molecule has 0 spiro atoms. The molecule has 0 saturated carbocycles. The quantitative estimate of drug-likeness (QED) is 0.871. The van der Waals surface area contributed by atoms with E-state index in [-0.39, 0.29) is 5.69 Å². The first-order valence-electron chi connectivity index (χ1n) is 4.13. The maximum Gasteiger partial charge on any atom is 0.417 e. The molecule has 0 aromatic heterocycles. The van der Waals surface area contributed by atoms with Crippen molar-refractivity contribution < 1.29 is 23.1 Å². The number of rotatable bonds is 3. The van der Waals surface area contributed by atoms with Gasteiger partial charge in [0.2, 0.25) is 0 Å². The summed E-state index contributed by atoms with van der Waals surface area (Å²) >= 11 is 5.38. The molecule has 3 nitrogen and oxygen atoms in total. The number of aliphatic carboxylic acids is 1. The van der Waals surface area contributed by atoms with Crippen molar-refractivity contribution in [2.75, 3.05) is 11.9 Å². The van der Waals surface area contributed by atoms with Gasteiger partial charge in [-0.05, 0) is 18.2 Å². The van der Waals surface area contributed by atoms with Crippen LogP contribution >= 0.6 is 11.6 Å². The molecule has 0 fully saturated rings. The van der Waals surface area contributed by atoms with E-state index in [2.05, 4.69) is 5.32 Å². The lowest BCUT2D eigenvalue weighted by atomic mass is 10.2. The van der Waals surface area contributed by atoms with Gasteiger partial charge in [-0.15, -0.1) is 0 Å². The Labute approximate surface area is 93.8 Å². The first-order valence-corrected chi connectivity index (χ1v) is 4.51. The second kappa shape index (κ2) is 4.61. The van der Waals surface area contributed by atoms with Gasteiger partial charge in [-0.1, -0.05) is 11.6 Å². The maximum atomic E-state index is 12.4. The normalized spacial score (nSPS) is 11.2. The van der Waals surface area contributed by atoms with E-state index in [1.165, 1.54) is 6.07 Å². The average Bonchev–Trinajstić information content (AvgIpc) is 2.14. The van der Waals surface area contributed by atoms with Gasteiger partial charge in [0.15, 0.2) is 0 Å². The molecule has 16 heavy (non-hydrogen) atoms. The number of carboxylic acids is 1. The summed E-state index contributed by atoms with van der Waals surface area (Å²) < 4.78 is 37.2. The Morgan fingerprint density at radius 3 is 2.56 bits per heavy atom. The third kappa shape index (κ3) is 3.30. The molecule has 0 amide bonds. The van der Waals surface area contributed by atoms with Crippen LogP contribution in [-0.4, -0.2) is 17.6 Å². The number of hydrogen-bond donors (Lipinski definition) is 2. The number of halogens is 4. The highest BCUT2D eigenvalue weighted by atomic mass is 35.5. The molecule has 88 valence electrons. The molecule has 7 heteroatoms. The second-order valence-electron chi connectivity index (χ2n) is 2.94. The van der Waals surface area contributed by atoms with E-state index < -0.39 is 29.3 Å². The van der Waals surface area contributed by atoms with Crippen LogP contribution in [-0.2, 0) is 11.0 Å². The van der Waals surface area contributed by atoms with Gasteiger partial charge in [0, 0.05) is 5.69 Å². The summed E-state index contributed by atoms with van der Waals surface area (Å²) in [5.41, 5.74) is -0.941. The second-order valence-corrected chi connectivity index (χ2v) is 3.35. The van der Waals surface area contributed by atoms with Crippen molar-refractivity contribution in [2.45, 2.75) is 6.18 Å². The Bertz CT molecular complexity index is 406. The van der Waals surface area contributed by atoms with Crippen molar-refractivity contribution in [3.63, 3.8) is 0 Å². The van der Waals surface area contributed by atoms with Crippen LogP contribution in [0.2, 0.25) is 5.02 Å². The smallest absolute Gasteiger partial charge is 0.417 e. The van der Waals surface area contributed by atoms with Crippen LogP contribution in [0.3, 0.4) is 0 Å². The molecule has 0 heterocycles. The predicted molar refractivity (Wildman–Crippen MR) is 52.6 cm³/mol. The van der Waals surface area contributed by atoms with Gasteiger partial charge < -0.3 is 10.4 Å². The zero-order valence-corrected chi connectivity index (χ0v) is 8.56. The number of carboxylic acid groups (broad SMARTS) is 1. The van der Waals surface area contributed by atoms with Gasteiger partial charge in [-0.2, -0.15) is 13.2 Å². The Kier molecular flexibility index (Phi) is 3.64. The molecule has 0 aliphatic heterocycles. The van der Waals surface area contributed by atoms with Crippen LogP contribution in [0.1, 0.15) is 5.56 Å². The number of nitrogens with one attached hydrogen (secondary N) is 1. The van der Waals surface area contributed by atoms with Crippen molar-refractivity contribution in [1.82, 2.24) is 0 Å². The fraction of sp³-hybridized carbons (Fsp3) is 0.222. The van der Waals surface area contributed by atoms with E-state index in [0.717, 1.165) is 12.1 Å². The minimum atomic E-state index is -4.56. The van der Waals surface area contributed by atoms with E-state index in [0.29, 0.717) is 0 Å². The first-order chi connectivity index (χ1) is 7.30. The number of carbonyl (C=O) groups is 1. The summed E-state index contributed by atoms with van der Waals surface area (Å²) in [6.07, 6.45) is -4.56. The van der Waals surface area contributed by atoms with Crippen molar-refractivity contribution in [1.29, 1.82) is 0 Å². The average molecular weight is 254 g/mol. The van der Waals surface area contributed by atoms with E-state index in [1.807, 2.05) is 0 Å². The lowest BCUT2D eigenvalue weighted by Gasteiger charge is -2.11. The third-order valence-corrected chi connectivity index (χ3v) is 2.05. The minimum absolute atomic E-state index is 0.0547. The zero-order valence-electron chi connectivity index (χ0n) is 7.81. The van der Waals surface area contributed by atoms with E-state index in [9.17, 15) is 18.0 Å². The molecule has 0 aliphatic carbocycles. The fourth-order valence-electron chi connectivity index (χ4n) is 1.03. The molecule has 0 bridgehead atoms. The van der Waals surface area contributed by atoms with Crippen LogP contribution in [0.4, 0.5) is 18.9 Å². The molecule has 1 aromatic rings. The third-order valence-electron chi connectivity index (χ3n) is 1.72. The topological polar surface area (TPSA) is 49.3 Å². The molecule has 1 aromatic carbocycles. The Hall–Kier alpha value is -1.43. The summed E-state index contributed by atoms with van der Waals surface area (Å²) in [6.45, 7) is -0.459. The highest BCUT2D eigenvalue weighted by Gasteiger charge is 2.33. The van der Waals surface area contributed by atoms with E-state index >= 15 is 0 Å². The van der Waals surface area contributed by atoms with Crippen LogP contribution in [0.25, 0.3) is 0 Å². The van der Waals surface area contributed by atoms with Crippen LogP contribution in [0.15, 0.2) is 18.2 Å². The van der Waals surface area contributed by atoms with Gasteiger partial charge in [0.05, 0.1) is 10.6 Å². The van der Waals surface area contributed by atoms with Crippen LogP contribution < -0.4 is 5.32 Å². The van der Waals surface area contributed by atoms with Crippen molar-refractivity contribution in [2.24, 2.45) is 0 Å². The van der Waals surface area contributed by atoms with Gasteiger partial charge in [-0.25, -0.2) is 0 Å². The monoisotopic (exact) mass is 253 g/mol. The van der Waals surface area contributed by atoms with Gasteiger partial charge in [0.25, 0.3) is 0 Å². The molecule has 0 radical (unpaired) electrons. The minimum Gasteiger partial charge on any atom is -0.480 e. The van der Waals surface area contributed by atoms with Gasteiger partial charge in [-0.3, -0.25) is 4.79 Å². The lowest BCUT2D eigenvalue weighted by Crippen LogP contribution is -2.13. The van der Waals surface area contributed by atoms with Gasteiger partial charge >= 0.3 is 12.1 Å². The Morgan fingerprint density at radius 1 is 1.44 bits per heavy atom. The van der Waals surface area contributed by atoms with E-state index in [4.69, 9.17) is 16.7 Å². The lowest BCUT2D eigenvalue weighted by molar-refractivity contribution is -0.137. The summed E-state index contributed by atoms with van der Waals surface area (Å²) in [4.78, 5) is 10.2. The maximum absolute atomic E-state index is 12.4. The highest BCUT2D eigenvalue weighted by Crippen LogP contribution is 2.36. The first kappa shape index (κ1) is 12.6. The summed E-state index contributed by atoms with van der Waals surface area (Å²) in [6, 6.07) is 3.11. The summed E-state index contributed by atoms with van der Waals surface area (Å²) in [5.74, 6) is -1.16. The highest BCUT2D eigenvalue weighted by molar-refractivity contribution is 6.31. The number of hydrogen-bond acceptors (Lipinski definition) is 2. The zero-order chi connectivity index (χ0) is 12.3. The van der Waals surface area contributed by atoms with E-state index in [1.54, 1.807) is 0 Å². The molecule has 0 saturated heterocycles. The standard InChI is InChI=1S/C9H7ClF3NO2/c10-7-2-1-5(14-4-8(15)16)3-6(7)9(11,12)13/h1-3,14H,4H2,(H,15,16). The Morgan fingerprint density at radius 2 is 2.06 bits per heavy atom. The largest absolute Gasteiger partial charge is 0.480 e. The van der Waals surface area contributed by atoms with Crippen molar-refractivity contribution >= 4 is 23.3 Å². The summed E-state index contributed by atoms with van der Waals surface area (Å²) in [5, 5.41) is 10.3. The molecular weight excluding hydrogens is 247 g/mol. The molecular formula is C9H7ClF3NO2. The summed E-state index contributed by atoms with van der Waals surface area (Å²) in [7, 11) is 0. The van der Waals surface area contributed by atoms with Gasteiger partial charge in [0.1, 0.15) is 6.54 Å². The molecule has 0 atom stereocenters. The number of benzene rings is 1. The Balaban J connectivity index is 2.94. The molecule has 0 aliphatic rings. The molecule has 2 N–H and O–H groups in total. The van der Waals surface area contributed by atoms with Crippen LogP contribution in [0, 0.1) is 0 Å². The van der Waals surface area contributed by atoms with Crippen LogP contribution in [0.5, 0.6) is 0 Å². The van der Waals surface area contributed by atoms with Crippen molar-refractivity contribution in [3.8, 4) is 0 Å². The van der Waals surface area contributed by atoms with Crippen molar-refractivity contribution in [3.05, 3.63) is 28.8 Å². The predicted octanol–water partition coefficient (Wildman–Crippen LogP) is 2.86. The SMILES string of the molecule is O=C(O)CNc1ccc(Cl)c(C(F)(F)F)c1.